The van der Waals surface area contributed by atoms with E-state index < -0.39 is 0 Å². The van der Waals surface area contributed by atoms with Crippen LogP contribution in [0.15, 0.2) is 49.2 Å². The lowest BCUT2D eigenvalue weighted by Crippen LogP contribution is -2.01. The van der Waals surface area contributed by atoms with Gasteiger partial charge in [-0.05, 0) is 31.4 Å². The summed E-state index contributed by atoms with van der Waals surface area (Å²) in [6.45, 7) is 0. The first kappa shape index (κ1) is 14.0. The highest BCUT2D eigenvalue weighted by Gasteiger charge is 2.17. The summed E-state index contributed by atoms with van der Waals surface area (Å²) < 4.78 is 1.71. The maximum Gasteiger partial charge on any atom is 0.172 e. The molecule has 1 aliphatic carbocycles. The van der Waals surface area contributed by atoms with Crippen molar-refractivity contribution in [1.82, 2.24) is 29.7 Å². The first-order valence-corrected chi connectivity index (χ1v) is 8.23. The van der Waals surface area contributed by atoms with Crippen molar-refractivity contribution in [3.63, 3.8) is 0 Å². The number of aryl methyl sites for hydroxylation is 1. The summed E-state index contributed by atoms with van der Waals surface area (Å²) in [7, 11) is 0. The number of anilines is 2. The molecule has 25 heavy (non-hydrogen) atoms. The molecular formula is C18H15N7. The molecule has 7 nitrogen and oxygen atoms in total. The summed E-state index contributed by atoms with van der Waals surface area (Å²) in [5, 5.41) is 7.74. The van der Waals surface area contributed by atoms with Gasteiger partial charge >= 0.3 is 0 Å². The number of nitrogens with zero attached hydrogens (tertiary/aromatic N) is 6. The van der Waals surface area contributed by atoms with Crippen LogP contribution in [0.3, 0.4) is 0 Å². The van der Waals surface area contributed by atoms with Crippen LogP contribution in [-0.2, 0) is 12.8 Å². The second-order valence-electron chi connectivity index (χ2n) is 6.02. The number of fused-ring (bicyclic) bond motifs is 2. The van der Waals surface area contributed by atoms with Crippen molar-refractivity contribution >= 4 is 22.5 Å². The molecular weight excluding hydrogens is 314 g/mol. The van der Waals surface area contributed by atoms with Gasteiger partial charge in [0.25, 0.3) is 0 Å². The monoisotopic (exact) mass is 329 g/mol. The van der Waals surface area contributed by atoms with E-state index in [1.54, 1.807) is 23.4 Å². The zero-order valence-corrected chi connectivity index (χ0v) is 13.4. The first-order chi connectivity index (χ1) is 12.4. The third kappa shape index (κ3) is 2.50. The summed E-state index contributed by atoms with van der Waals surface area (Å²) in [5.41, 5.74) is 4.93. The van der Waals surface area contributed by atoms with E-state index in [0.29, 0.717) is 5.82 Å². The Balaban J connectivity index is 1.46. The van der Waals surface area contributed by atoms with E-state index in [1.807, 2.05) is 30.5 Å². The van der Waals surface area contributed by atoms with Gasteiger partial charge in [0.15, 0.2) is 5.82 Å². The Hall–Kier alpha value is -3.35. The van der Waals surface area contributed by atoms with Gasteiger partial charge < -0.3 is 5.32 Å². The Morgan fingerprint density at radius 1 is 0.960 bits per heavy atom. The molecule has 0 aliphatic heterocycles. The molecule has 4 aromatic rings. The third-order valence-corrected chi connectivity index (χ3v) is 4.39. The number of hydrogen-bond donors (Lipinski definition) is 1. The molecule has 0 saturated carbocycles. The molecule has 0 saturated heterocycles. The van der Waals surface area contributed by atoms with Crippen molar-refractivity contribution in [3.8, 4) is 5.82 Å². The molecule has 0 amide bonds. The fourth-order valence-electron chi connectivity index (χ4n) is 3.17. The molecule has 0 spiro atoms. The molecule has 1 aliphatic rings. The minimum atomic E-state index is 0.680. The predicted molar refractivity (Wildman–Crippen MR) is 94.0 cm³/mol. The highest BCUT2D eigenvalue weighted by molar-refractivity contribution is 5.74. The molecule has 1 aromatic carbocycles. The van der Waals surface area contributed by atoms with Crippen LogP contribution in [0.1, 0.15) is 17.7 Å². The van der Waals surface area contributed by atoms with Crippen LogP contribution >= 0.6 is 0 Å². The average molecular weight is 329 g/mol. The molecule has 0 bridgehead atoms. The standard InChI is InChI=1S/C18H15N7/c1-2-6-16-15(5-1)19-9-17(24-16)25-10-12(8-22-25)23-18-13-4-3-7-14(13)20-11-21-18/h1-2,5-6,8-11H,3-4,7H2,(H,20,21,23). The number of aromatic nitrogens is 6. The third-order valence-electron chi connectivity index (χ3n) is 4.39. The Labute approximate surface area is 143 Å². The Kier molecular flexibility index (Phi) is 3.16. The molecule has 5 rings (SSSR count). The van der Waals surface area contributed by atoms with E-state index in [-0.39, 0.29) is 0 Å². The van der Waals surface area contributed by atoms with Crippen molar-refractivity contribution in [2.45, 2.75) is 19.3 Å². The van der Waals surface area contributed by atoms with Gasteiger partial charge in [-0.15, -0.1) is 0 Å². The molecule has 0 fully saturated rings. The summed E-state index contributed by atoms with van der Waals surface area (Å²) in [6.07, 6.45) is 10.2. The van der Waals surface area contributed by atoms with E-state index >= 15 is 0 Å². The van der Waals surface area contributed by atoms with Crippen LogP contribution in [-0.4, -0.2) is 29.7 Å². The molecule has 122 valence electrons. The molecule has 1 N–H and O–H groups in total. The van der Waals surface area contributed by atoms with Crippen molar-refractivity contribution in [1.29, 1.82) is 0 Å². The molecule has 7 heteroatoms. The largest absolute Gasteiger partial charge is 0.337 e. The first-order valence-electron chi connectivity index (χ1n) is 8.23. The fraction of sp³-hybridized carbons (Fsp3) is 0.167. The lowest BCUT2D eigenvalue weighted by Gasteiger charge is -2.07. The van der Waals surface area contributed by atoms with Crippen molar-refractivity contribution < 1.29 is 0 Å². The number of hydrogen-bond acceptors (Lipinski definition) is 6. The zero-order valence-electron chi connectivity index (χ0n) is 13.4. The summed E-state index contributed by atoms with van der Waals surface area (Å²) in [6, 6.07) is 7.79. The Morgan fingerprint density at radius 3 is 2.84 bits per heavy atom. The highest BCUT2D eigenvalue weighted by atomic mass is 15.3. The smallest absolute Gasteiger partial charge is 0.172 e. The van der Waals surface area contributed by atoms with E-state index in [1.165, 1.54) is 5.56 Å². The molecule has 0 unspecified atom stereocenters. The summed E-state index contributed by atoms with van der Waals surface area (Å²) in [5.74, 6) is 1.55. The van der Waals surface area contributed by atoms with Gasteiger partial charge in [-0.2, -0.15) is 5.10 Å². The van der Waals surface area contributed by atoms with E-state index in [4.69, 9.17) is 0 Å². The second-order valence-corrected chi connectivity index (χ2v) is 6.02. The van der Waals surface area contributed by atoms with Crippen LogP contribution in [0.5, 0.6) is 0 Å². The van der Waals surface area contributed by atoms with Crippen molar-refractivity contribution in [2.75, 3.05) is 5.32 Å². The predicted octanol–water partition coefficient (Wildman–Crippen LogP) is 2.84. The number of nitrogens with one attached hydrogen (secondary N) is 1. The van der Waals surface area contributed by atoms with Gasteiger partial charge in [-0.1, -0.05) is 12.1 Å². The lowest BCUT2D eigenvalue weighted by molar-refractivity contribution is 0.846. The van der Waals surface area contributed by atoms with Gasteiger partial charge in [0.2, 0.25) is 0 Å². The fourth-order valence-corrected chi connectivity index (χ4v) is 3.17. The molecule has 0 atom stereocenters. The SMILES string of the molecule is c1ccc2nc(-n3cc(Nc4ncnc5c4CCC5)cn3)cnc2c1. The van der Waals surface area contributed by atoms with Crippen LogP contribution in [0.2, 0.25) is 0 Å². The Morgan fingerprint density at radius 2 is 1.88 bits per heavy atom. The van der Waals surface area contributed by atoms with Crippen molar-refractivity contribution in [3.05, 3.63) is 60.4 Å². The quantitative estimate of drug-likeness (QED) is 0.622. The summed E-state index contributed by atoms with van der Waals surface area (Å²) >= 11 is 0. The number of benzene rings is 1. The molecule has 0 radical (unpaired) electrons. The maximum atomic E-state index is 4.61. The number of rotatable bonds is 3. The molecule has 3 aromatic heterocycles. The van der Waals surface area contributed by atoms with Gasteiger partial charge in [0.1, 0.15) is 12.1 Å². The normalized spacial score (nSPS) is 13.1. The van der Waals surface area contributed by atoms with Crippen LogP contribution in [0.25, 0.3) is 16.9 Å². The van der Waals surface area contributed by atoms with E-state index in [2.05, 4.69) is 30.4 Å². The Bertz CT molecular complexity index is 1070. The summed E-state index contributed by atoms with van der Waals surface area (Å²) in [4.78, 5) is 17.8. The minimum absolute atomic E-state index is 0.680. The zero-order chi connectivity index (χ0) is 16.6. The van der Waals surface area contributed by atoms with Crippen LogP contribution < -0.4 is 5.32 Å². The van der Waals surface area contributed by atoms with Crippen molar-refractivity contribution in [2.24, 2.45) is 0 Å². The number of para-hydroxylation sites is 2. The highest BCUT2D eigenvalue weighted by Crippen LogP contribution is 2.27. The van der Waals surface area contributed by atoms with Gasteiger partial charge in [-0.25, -0.2) is 19.6 Å². The van der Waals surface area contributed by atoms with E-state index in [9.17, 15) is 0 Å². The minimum Gasteiger partial charge on any atom is -0.337 e. The van der Waals surface area contributed by atoms with Gasteiger partial charge in [0.05, 0.1) is 35.3 Å². The van der Waals surface area contributed by atoms with Crippen LogP contribution in [0, 0.1) is 0 Å². The van der Waals surface area contributed by atoms with Gasteiger partial charge in [-0.3, -0.25) is 4.98 Å². The van der Waals surface area contributed by atoms with Crippen LogP contribution in [0.4, 0.5) is 11.5 Å². The lowest BCUT2D eigenvalue weighted by atomic mass is 10.2. The average Bonchev–Trinajstić information content (AvgIpc) is 3.31. The maximum absolute atomic E-state index is 4.61. The van der Waals surface area contributed by atoms with Gasteiger partial charge in [0, 0.05) is 11.3 Å². The topological polar surface area (TPSA) is 81.4 Å². The van der Waals surface area contributed by atoms with E-state index in [0.717, 1.165) is 47.5 Å². The molecule has 3 heterocycles. The second kappa shape index (κ2) is 5.62.